The Bertz CT molecular complexity index is 453. The highest BCUT2D eigenvalue weighted by Gasteiger charge is 2.14. The largest absolute Gasteiger partial charge is 0.490 e. The predicted octanol–water partition coefficient (Wildman–Crippen LogP) is 3.64. The van der Waals surface area contributed by atoms with Crippen molar-refractivity contribution in [1.29, 1.82) is 0 Å². The first-order valence-electron chi connectivity index (χ1n) is 6.20. The van der Waals surface area contributed by atoms with Gasteiger partial charge in [-0.15, -0.1) is 0 Å². The Morgan fingerprint density at radius 3 is 2.79 bits per heavy atom. The van der Waals surface area contributed by atoms with E-state index in [2.05, 4.69) is 28.0 Å². The lowest BCUT2D eigenvalue weighted by atomic mass is 10.2. The summed E-state index contributed by atoms with van der Waals surface area (Å²) < 4.78 is 19.5. The molecule has 0 radical (unpaired) electrons. The summed E-state index contributed by atoms with van der Waals surface area (Å²) in [5, 5.41) is 11.4. The highest BCUT2D eigenvalue weighted by Crippen LogP contribution is 2.28. The van der Waals surface area contributed by atoms with Crippen LogP contribution in [-0.2, 0) is 0 Å². The number of rotatable bonds is 7. The summed E-state index contributed by atoms with van der Waals surface area (Å²) in [7, 11) is 0. The molecular weight excluding hydrogens is 315 g/mol. The van der Waals surface area contributed by atoms with E-state index in [-0.39, 0.29) is 16.1 Å². The summed E-state index contributed by atoms with van der Waals surface area (Å²) in [6.45, 7) is 2.61. The van der Waals surface area contributed by atoms with Crippen molar-refractivity contribution < 1.29 is 14.3 Å². The van der Waals surface area contributed by atoms with E-state index in [1.807, 2.05) is 0 Å². The van der Waals surface area contributed by atoms with E-state index in [0.717, 1.165) is 25.7 Å². The van der Waals surface area contributed by atoms with Crippen molar-refractivity contribution in [2.45, 2.75) is 32.6 Å². The summed E-state index contributed by atoms with van der Waals surface area (Å²) in [5.74, 6) is -0.530. The minimum absolute atomic E-state index is 0.133. The fraction of sp³-hybridized carbons (Fsp3) is 0.462. The molecule has 0 aliphatic carbocycles. The standard InChI is InChI=1S/C13H18BrFN2O2/c1-2-3-4-5-8-19-10-7-6-9(13(16)17-18)11(14)12(10)15/h6-7,18H,2-5,8H2,1H3,(H2,16,17). The van der Waals surface area contributed by atoms with E-state index in [1.54, 1.807) is 6.07 Å². The minimum atomic E-state index is -0.542. The molecule has 0 atom stereocenters. The van der Waals surface area contributed by atoms with Gasteiger partial charge in [-0.1, -0.05) is 31.3 Å². The Morgan fingerprint density at radius 2 is 2.16 bits per heavy atom. The molecule has 0 amide bonds. The molecule has 4 nitrogen and oxygen atoms in total. The Kier molecular flexibility index (Phi) is 6.62. The molecule has 0 saturated carbocycles. The fourth-order valence-electron chi connectivity index (χ4n) is 1.61. The van der Waals surface area contributed by atoms with Crippen LogP contribution in [-0.4, -0.2) is 17.6 Å². The summed E-state index contributed by atoms with van der Waals surface area (Å²) in [6.07, 6.45) is 4.26. The molecule has 1 aromatic carbocycles. The third-order valence-corrected chi connectivity index (χ3v) is 3.46. The number of unbranched alkanes of at least 4 members (excludes halogenated alkanes) is 3. The molecule has 1 rings (SSSR count). The van der Waals surface area contributed by atoms with Crippen LogP contribution in [0.2, 0.25) is 0 Å². The van der Waals surface area contributed by atoms with Crippen molar-refractivity contribution >= 4 is 21.8 Å². The van der Waals surface area contributed by atoms with Gasteiger partial charge in [-0.05, 0) is 34.5 Å². The Hall–Kier alpha value is -1.30. The van der Waals surface area contributed by atoms with Crippen LogP contribution in [0.15, 0.2) is 21.8 Å². The number of hydrogen-bond acceptors (Lipinski definition) is 3. The molecule has 0 saturated heterocycles. The number of ether oxygens (including phenoxy) is 1. The molecule has 0 spiro atoms. The minimum Gasteiger partial charge on any atom is -0.490 e. The van der Waals surface area contributed by atoms with Gasteiger partial charge in [0.15, 0.2) is 17.4 Å². The number of amidine groups is 1. The van der Waals surface area contributed by atoms with E-state index in [4.69, 9.17) is 15.7 Å². The van der Waals surface area contributed by atoms with E-state index in [1.165, 1.54) is 6.07 Å². The first kappa shape index (κ1) is 15.8. The number of benzene rings is 1. The van der Waals surface area contributed by atoms with Crippen LogP contribution in [0.5, 0.6) is 5.75 Å². The molecule has 3 N–H and O–H groups in total. The smallest absolute Gasteiger partial charge is 0.179 e. The zero-order valence-electron chi connectivity index (χ0n) is 10.8. The molecule has 0 bridgehead atoms. The second kappa shape index (κ2) is 7.99. The molecule has 0 unspecified atom stereocenters. The maximum atomic E-state index is 14.0. The van der Waals surface area contributed by atoms with Gasteiger partial charge in [-0.2, -0.15) is 0 Å². The molecule has 0 aliphatic rings. The quantitative estimate of drug-likeness (QED) is 0.263. The van der Waals surface area contributed by atoms with Crippen molar-refractivity contribution in [3.8, 4) is 5.75 Å². The first-order chi connectivity index (χ1) is 9.11. The number of nitrogens with two attached hydrogens (primary N) is 1. The Labute approximate surface area is 120 Å². The van der Waals surface area contributed by atoms with Crippen molar-refractivity contribution in [2.24, 2.45) is 10.9 Å². The Balaban J connectivity index is 2.69. The second-order valence-electron chi connectivity index (χ2n) is 4.13. The Morgan fingerprint density at radius 1 is 1.42 bits per heavy atom. The molecule has 0 aliphatic heterocycles. The zero-order valence-corrected chi connectivity index (χ0v) is 12.4. The summed E-state index contributed by atoms with van der Waals surface area (Å²) in [6, 6.07) is 3.02. The van der Waals surface area contributed by atoms with E-state index >= 15 is 0 Å². The van der Waals surface area contributed by atoms with Gasteiger partial charge in [-0.3, -0.25) is 0 Å². The number of oxime groups is 1. The van der Waals surface area contributed by atoms with E-state index in [9.17, 15) is 4.39 Å². The van der Waals surface area contributed by atoms with Crippen molar-refractivity contribution in [3.05, 3.63) is 28.0 Å². The SMILES string of the molecule is CCCCCCOc1ccc(/C(N)=N/O)c(Br)c1F. The third-order valence-electron chi connectivity index (χ3n) is 2.69. The average Bonchev–Trinajstić information content (AvgIpc) is 2.42. The van der Waals surface area contributed by atoms with Crippen LogP contribution in [0.3, 0.4) is 0 Å². The zero-order chi connectivity index (χ0) is 14.3. The molecule has 1 aromatic rings. The molecule has 0 fully saturated rings. The average molecular weight is 333 g/mol. The lowest BCUT2D eigenvalue weighted by Crippen LogP contribution is -2.14. The number of hydrogen-bond donors (Lipinski definition) is 2. The summed E-state index contributed by atoms with van der Waals surface area (Å²) >= 11 is 3.08. The molecule has 0 aromatic heterocycles. The van der Waals surface area contributed by atoms with Crippen molar-refractivity contribution in [2.75, 3.05) is 6.61 Å². The number of nitrogens with zero attached hydrogens (tertiary/aromatic N) is 1. The molecule has 0 heterocycles. The normalized spacial score (nSPS) is 11.6. The highest BCUT2D eigenvalue weighted by atomic mass is 79.9. The molecule has 6 heteroatoms. The lowest BCUT2D eigenvalue weighted by molar-refractivity contribution is 0.290. The van der Waals surface area contributed by atoms with Gasteiger partial charge in [0.25, 0.3) is 0 Å². The maximum absolute atomic E-state index is 14.0. The molecule has 106 valence electrons. The maximum Gasteiger partial charge on any atom is 0.179 e. The van der Waals surface area contributed by atoms with Crippen LogP contribution in [0.1, 0.15) is 38.2 Å². The van der Waals surface area contributed by atoms with Crippen molar-refractivity contribution in [3.63, 3.8) is 0 Å². The van der Waals surface area contributed by atoms with Crippen LogP contribution in [0.25, 0.3) is 0 Å². The fourth-order valence-corrected chi connectivity index (χ4v) is 2.14. The molecular formula is C13H18BrFN2O2. The van der Waals surface area contributed by atoms with Crippen LogP contribution >= 0.6 is 15.9 Å². The first-order valence-corrected chi connectivity index (χ1v) is 6.99. The van der Waals surface area contributed by atoms with Gasteiger partial charge in [0, 0.05) is 5.56 Å². The monoisotopic (exact) mass is 332 g/mol. The predicted molar refractivity (Wildman–Crippen MR) is 76.2 cm³/mol. The third kappa shape index (κ3) is 4.38. The van der Waals surface area contributed by atoms with Crippen LogP contribution < -0.4 is 10.5 Å². The van der Waals surface area contributed by atoms with E-state index in [0.29, 0.717) is 12.2 Å². The summed E-state index contributed by atoms with van der Waals surface area (Å²) in [4.78, 5) is 0. The van der Waals surface area contributed by atoms with Crippen molar-refractivity contribution in [1.82, 2.24) is 0 Å². The van der Waals surface area contributed by atoms with Gasteiger partial charge in [0.1, 0.15) is 0 Å². The van der Waals surface area contributed by atoms with Gasteiger partial charge >= 0.3 is 0 Å². The van der Waals surface area contributed by atoms with Gasteiger partial charge in [-0.25, -0.2) is 4.39 Å². The van der Waals surface area contributed by atoms with E-state index < -0.39 is 5.82 Å². The van der Waals surface area contributed by atoms with Gasteiger partial charge in [0.05, 0.1) is 11.1 Å². The number of halogens is 2. The lowest BCUT2D eigenvalue weighted by Gasteiger charge is -2.10. The van der Waals surface area contributed by atoms with Crippen LogP contribution in [0, 0.1) is 5.82 Å². The van der Waals surface area contributed by atoms with Gasteiger partial charge < -0.3 is 15.7 Å². The highest BCUT2D eigenvalue weighted by molar-refractivity contribution is 9.10. The van der Waals surface area contributed by atoms with Crippen LogP contribution in [0.4, 0.5) is 4.39 Å². The topological polar surface area (TPSA) is 67.8 Å². The molecule has 19 heavy (non-hydrogen) atoms. The van der Waals surface area contributed by atoms with Gasteiger partial charge in [0.2, 0.25) is 0 Å². The second-order valence-corrected chi connectivity index (χ2v) is 4.93. The summed E-state index contributed by atoms with van der Waals surface area (Å²) in [5.41, 5.74) is 5.72.